The summed E-state index contributed by atoms with van der Waals surface area (Å²) < 4.78 is 5.98. The van der Waals surface area contributed by atoms with Gasteiger partial charge < -0.3 is 4.74 Å². The van der Waals surface area contributed by atoms with Crippen LogP contribution in [0, 0.1) is 0 Å². The first-order valence-corrected chi connectivity index (χ1v) is 12.6. The molecule has 2 rings (SSSR count). The van der Waals surface area contributed by atoms with Crippen molar-refractivity contribution in [3.8, 4) is 5.75 Å². The zero-order valence-electron chi connectivity index (χ0n) is 19.1. The van der Waals surface area contributed by atoms with E-state index in [1.807, 2.05) is 6.20 Å². The number of benzene rings is 1. The smallest absolute Gasteiger partial charge is 0.120 e. The largest absolute Gasteiger partial charge is 0.488 e. The Morgan fingerprint density at radius 1 is 0.862 bits per heavy atom. The zero-order chi connectivity index (χ0) is 21.0. The third-order valence-electron chi connectivity index (χ3n) is 5.30. The van der Waals surface area contributed by atoms with E-state index >= 15 is 0 Å². The maximum Gasteiger partial charge on any atom is 0.120 e. The van der Waals surface area contributed by atoms with Crippen molar-refractivity contribution in [3.63, 3.8) is 0 Å². The van der Waals surface area contributed by atoms with E-state index in [1.165, 1.54) is 81.2 Å². The standard InChI is InChI=1S/C26H41NOS/c1-5-6-7-8-9-10-11-12-13-14-15-24(25-27-20-21-29-25)22-16-18-23(19-17-22)28-26(2,3)4/h16-21,24H,5-15H2,1-4H3. The molecule has 0 saturated heterocycles. The lowest BCUT2D eigenvalue weighted by molar-refractivity contribution is 0.131. The lowest BCUT2D eigenvalue weighted by Gasteiger charge is -2.22. The van der Waals surface area contributed by atoms with Gasteiger partial charge in [0.05, 0.1) is 5.01 Å². The molecular weight excluding hydrogens is 374 g/mol. The summed E-state index contributed by atoms with van der Waals surface area (Å²) in [6, 6.07) is 8.67. The minimum atomic E-state index is -0.160. The van der Waals surface area contributed by atoms with Crippen molar-refractivity contribution in [1.29, 1.82) is 0 Å². The summed E-state index contributed by atoms with van der Waals surface area (Å²) in [6.45, 7) is 8.55. The number of hydrogen-bond donors (Lipinski definition) is 0. The van der Waals surface area contributed by atoms with Gasteiger partial charge in [0.2, 0.25) is 0 Å². The van der Waals surface area contributed by atoms with Crippen LogP contribution < -0.4 is 4.74 Å². The maximum absolute atomic E-state index is 5.98. The molecule has 0 saturated carbocycles. The van der Waals surface area contributed by atoms with E-state index in [0.29, 0.717) is 5.92 Å². The Balaban J connectivity index is 1.78. The third-order valence-corrected chi connectivity index (χ3v) is 6.19. The fraction of sp³-hybridized carbons (Fsp3) is 0.654. The van der Waals surface area contributed by atoms with Crippen LogP contribution in [0.4, 0.5) is 0 Å². The normalized spacial score (nSPS) is 12.8. The van der Waals surface area contributed by atoms with Gasteiger partial charge in [-0.05, 0) is 44.9 Å². The van der Waals surface area contributed by atoms with Crippen LogP contribution >= 0.6 is 11.3 Å². The molecule has 0 amide bonds. The highest BCUT2D eigenvalue weighted by atomic mass is 32.1. The molecule has 2 aromatic rings. The molecule has 1 atom stereocenters. The van der Waals surface area contributed by atoms with Gasteiger partial charge in [0.25, 0.3) is 0 Å². The summed E-state index contributed by atoms with van der Waals surface area (Å²) in [7, 11) is 0. The molecule has 0 fully saturated rings. The highest BCUT2D eigenvalue weighted by molar-refractivity contribution is 7.09. The number of hydrogen-bond acceptors (Lipinski definition) is 3. The molecule has 0 spiro atoms. The monoisotopic (exact) mass is 415 g/mol. The molecule has 3 heteroatoms. The lowest BCUT2D eigenvalue weighted by Crippen LogP contribution is -2.22. The molecule has 0 aliphatic heterocycles. The molecule has 1 aromatic carbocycles. The van der Waals surface area contributed by atoms with Gasteiger partial charge in [-0.25, -0.2) is 4.98 Å². The van der Waals surface area contributed by atoms with E-state index in [2.05, 4.69) is 62.3 Å². The van der Waals surface area contributed by atoms with Crippen molar-refractivity contribution < 1.29 is 4.74 Å². The van der Waals surface area contributed by atoms with Crippen molar-refractivity contribution in [2.75, 3.05) is 0 Å². The Labute approximate surface area is 183 Å². The van der Waals surface area contributed by atoms with Gasteiger partial charge in [-0.15, -0.1) is 11.3 Å². The van der Waals surface area contributed by atoms with Gasteiger partial charge in [-0.2, -0.15) is 0 Å². The molecule has 162 valence electrons. The van der Waals surface area contributed by atoms with Crippen molar-refractivity contribution in [2.45, 2.75) is 110 Å². The minimum Gasteiger partial charge on any atom is -0.488 e. The quantitative estimate of drug-likeness (QED) is 0.288. The summed E-state index contributed by atoms with van der Waals surface area (Å²) in [5, 5.41) is 3.34. The van der Waals surface area contributed by atoms with E-state index in [1.54, 1.807) is 11.3 Å². The highest BCUT2D eigenvalue weighted by Gasteiger charge is 2.17. The van der Waals surface area contributed by atoms with Crippen molar-refractivity contribution in [1.82, 2.24) is 4.98 Å². The molecule has 1 unspecified atom stereocenters. The molecule has 1 heterocycles. The van der Waals surface area contributed by atoms with E-state index in [0.717, 1.165) is 5.75 Å². The fourth-order valence-corrected chi connectivity index (χ4v) is 4.60. The van der Waals surface area contributed by atoms with Crippen LogP contribution in [0.3, 0.4) is 0 Å². The molecule has 0 aliphatic rings. The average molecular weight is 416 g/mol. The Hall–Kier alpha value is -1.35. The van der Waals surface area contributed by atoms with Crippen molar-refractivity contribution in [2.24, 2.45) is 0 Å². The number of unbranched alkanes of at least 4 members (excludes halogenated alkanes) is 9. The average Bonchev–Trinajstić information content (AvgIpc) is 3.20. The third kappa shape index (κ3) is 9.80. The second-order valence-corrected chi connectivity index (χ2v) is 10.1. The van der Waals surface area contributed by atoms with Gasteiger partial charge in [-0.3, -0.25) is 0 Å². The van der Waals surface area contributed by atoms with E-state index < -0.39 is 0 Å². The maximum atomic E-state index is 5.98. The van der Waals surface area contributed by atoms with Gasteiger partial charge in [0, 0.05) is 17.5 Å². The summed E-state index contributed by atoms with van der Waals surface area (Å²) >= 11 is 1.78. The molecule has 0 N–H and O–H groups in total. The molecule has 0 bridgehead atoms. The number of rotatable bonds is 14. The molecule has 2 nitrogen and oxygen atoms in total. The van der Waals surface area contributed by atoms with Crippen LogP contribution in [0.5, 0.6) is 5.75 Å². The SMILES string of the molecule is CCCCCCCCCCCCC(c1ccc(OC(C)(C)C)cc1)c1nccs1. The Kier molecular flexibility index (Phi) is 10.8. The van der Waals surface area contributed by atoms with E-state index in [9.17, 15) is 0 Å². The van der Waals surface area contributed by atoms with Gasteiger partial charge in [-0.1, -0.05) is 83.3 Å². The van der Waals surface area contributed by atoms with Crippen molar-refractivity contribution >= 4 is 11.3 Å². The second kappa shape index (κ2) is 13.1. The van der Waals surface area contributed by atoms with E-state index in [4.69, 9.17) is 4.74 Å². The zero-order valence-corrected chi connectivity index (χ0v) is 19.9. The summed E-state index contributed by atoms with van der Waals surface area (Å²) in [6.07, 6.45) is 16.9. The van der Waals surface area contributed by atoms with Crippen LogP contribution in [-0.4, -0.2) is 10.6 Å². The molecule has 29 heavy (non-hydrogen) atoms. The topological polar surface area (TPSA) is 22.1 Å². The van der Waals surface area contributed by atoms with Crippen LogP contribution in [0.1, 0.15) is 115 Å². The van der Waals surface area contributed by atoms with Crippen LogP contribution in [0.15, 0.2) is 35.8 Å². The summed E-state index contributed by atoms with van der Waals surface area (Å²) in [5.74, 6) is 1.35. The van der Waals surface area contributed by atoms with E-state index in [-0.39, 0.29) is 5.60 Å². The predicted molar refractivity (Wildman–Crippen MR) is 127 cm³/mol. The number of nitrogens with zero attached hydrogens (tertiary/aromatic N) is 1. The lowest BCUT2D eigenvalue weighted by atomic mass is 9.93. The number of thiazole rings is 1. The fourth-order valence-electron chi connectivity index (χ4n) is 3.80. The Morgan fingerprint density at radius 2 is 1.45 bits per heavy atom. The minimum absolute atomic E-state index is 0.160. The Bertz CT molecular complexity index is 642. The highest BCUT2D eigenvalue weighted by Crippen LogP contribution is 2.33. The first kappa shape index (κ1) is 23.9. The molecular formula is C26H41NOS. The summed E-state index contributed by atoms with van der Waals surface area (Å²) in [4.78, 5) is 4.63. The van der Waals surface area contributed by atoms with Gasteiger partial charge in [0.15, 0.2) is 0 Å². The van der Waals surface area contributed by atoms with Crippen LogP contribution in [0.2, 0.25) is 0 Å². The van der Waals surface area contributed by atoms with Crippen LogP contribution in [0.25, 0.3) is 0 Å². The van der Waals surface area contributed by atoms with Gasteiger partial charge in [0.1, 0.15) is 11.4 Å². The van der Waals surface area contributed by atoms with Crippen molar-refractivity contribution in [3.05, 3.63) is 46.4 Å². The Morgan fingerprint density at radius 3 is 1.97 bits per heavy atom. The second-order valence-electron chi connectivity index (χ2n) is 9.18. The number of aromatic nitrogens is 1. The van der Waals surface area contributed by atoms with Crippen LogP contribution in [-0.2, 0) is 0 Å². The molecule has 0 radical (unpaired) electrons. The first-order chi connectivity index (χ1) is 14.0. The number of ether oxygens (including phenoxy) is 1. The predicted octanol–water partition coefficient (Wildman–Crippen LogP) is 8.76. The van der Waals surface area contributed by atoms with Gasteiger partial charge >= 0.3 is 0 Å². The summed E-state index contributed by atoms with van der Waals surface area (Å²) in [5.41, 5.74) is 1.20. The first-order valence-electron chi connectivity index (χ1n) is 11.7. The molecule has 1 aromatic heterocycles. The molecule has 0 aliphatic carbocycles.